The maximum absolute atomic E-state index is 13.6. The van der Waals surface area contributed by atoms with Crippen LogP contribution in [-0.4, -0.2) is 51.9 Å². The maximum atomic E-state index is 13.6. The Kier molecular flexibility index (Phi) is 7.19. The molecular weight excluding hydrogens is 428 g/mol. The topological polar surface area (TPSA) is 80.3 Å². The van der Waals surface area contributed by atoms with E-state index in [9.17, 15) is 4.79 Å². The summed E-state index contributed by atoms with van der Waals surface area (Å²) in [6.07, 6.45) is 8.86. The van der Waals surface area contributed by atoms with E-state index in [1.807, 2.05) is 47.4 Å². The highest BCUT2D eigenvalue weighted by Crippen LogP contribution is 2.25. The van der Waals surface area contributed by atoms with Gasteiger partial charge in [0.2, 0.25) is 0 Å². The molecule has 1 fully saturated rings. The van der Waals surface area contributed by atoms with Crippen LogP contribution in [0.5, 0.6) is 5.75 Å². The Morgan fingerprint density at radius 3 is 2.79 bits per heavy atom. The summed E-state index contributed by atoms with van der Waals surface area (Å²) in [5.41, 5.74) is 4.89. The number of hydrogen-bond acceptors (Lipinski definition) is 5. The van der Waals surface area contributed by atoms with Gasteiger partial charge in [0.25, 0.3) is 5.91 Å². The van der Waals surface area contributed by atoms with Crippen LogP contribution in [0.3, 0.4) is 0 Å². The van der Waals surface area contributed by atoms with Gasteiger partial charge >= 0.3 is 0 Å². The highest BCUT2D eigenvalue weighted by molar-refractivity contribution is 5.94. The lowest BCUT2D eigenvalue weighted by molar-refractivity contribution is 0.0502. The zero-order chi connectivity index (χ0) is 23.2. The second kappa shape index (κ2) is 10.8. The van der Waals surface area contributed by atoms with Gasteiger partial charge in [0.05, 0.1) is 12.7 Å². The molecule has 0 spiro atoms. The molecule has 0 radical (unpaired) electrons. The minimum absolute atomic E-state index is 0.00872. The maximum Gasteiger partial charge on any atom is 0.275 e. The molecule has 2 aromatic heterocycles. The third kappa shape index (κ3) is 5.47. The van der Waals surface area contributed by atoms with Crippen molar-refractivity contribution in [2.75, 3.05) is 19.8 Å². The number of rotatable bonds is 9. The Morgan fingerprint density at radius 2 is 2.00 bits per heavy atom. The molecule has 7 heteroatoms. The molecule has 1 N–H and O–H groups in total. The third-order valence-corrected chi connectivity index (χ3v) is 6.64. The van der Waals surface area contributed by atoms with Crippen molar-refractivity contribution in [3.05, 3.63) is 76.9 Å². The fourth-order valence-corrected chi connectivity index (χ4v) is 4.79. The number of nitrogens with zero attached hydrogens (tertiary/aromatic N) is 3. The molecule has 0 unspecified atom stereocenters. The normalized spacial score (nSPS) is 17.4. The molecule has 1 aromatic carbocycles. The Labute approximate surface area is 200 Å². The highest BCUT2D eigenvalue weighted by atomic mass is 16.5. The number of ether oxygens (including phenoxy) is 2. The predicted molar refractivity (Wildman–Crippen MR) is 129 cm³/mol. The molecule has 2 aliphatic rings. The largest absolute Gasteiger partial charge is 0.493 e. The summed E-state index contributed by atoms with van der Waals surface area (Å²) in [5.74, 6) is 0.809. The van der Waals surface area contributed by atoms with Gasteiger partial charge in [0, 0.05) is 49.3 Å². The van der Waals surface area contributed by atoms with E-state index in [2.05, 4.69) is 15.2 Å². The molecule has 1 aliphatic heterocycles. The van der Waals surface area contributed by atoms with Gasteiger partial charge in [-0.1, -0.05) is 18.2 Å². The van der Waals surface area contributed by atoms with Crippen molar-refractivity contribution >= 4 is 5.91 Å². The van der Waals surface area contributed by atoms with Crippen LogP contribution in [0.4, 0.5) is 0 Å². The van der Waals surface area contributed by atoms with Crippen LogP contribution in [0, 0.1) is 0 Å². The third-order valence-electron chi connectivity index (χ3n) is 6.64. The Balaban J connectivity index is 1.24. The number of carbonyl (C=O) groups is 1. The lowest BCUT2D eigenvalue weighted by Crippen LogP contribution is -2.37. The first-order chi connectivity index (χ1) is 16.8. The van der Waals surface area contributed by atoms with Gasteiger partial charge < -0.3 is 14.4 Å². The number of amides is 1. The van der Waals surface area contributed by atoms with Crippen LogP contribution in [0.1, 0.15) is 58.7 Å². The van der Waals surface area contributed by atoms with E-state index in [-0.39, 0.29) is 12.0 Å². The lowest BCUT2D eigenvalue weighted by Gasteiger charge is -2.26. The standard InChI is InChI=1S/C27H32N4O3/c32-27(26-24-8-1-2-9-25(24)29-30-26)31(19-23-7-5-16-33-23)18-20-10-12-22(13-11-20)34-17-14-21-6-3-4-15-28-21/h3-4,6,10-13,15,23H,1-2,5,7-9,14,16-19H2,(H,29,30)/t23-/m0/s1. The summed E-state index contributed by atoms with van der Waals surface area (Å²) >= 11 is 0. The quantitative estimate of drug-likeness (QED) is 0.519. The van der Waals surface area contributed by atoms with E-state index in [4.69, 9.17) is 9.47 Å². The van der Waals surface area contributed by atoms with E-state index in [0.29, 0.717) is 25.4 Å². The first-order valence-corrected chi connectivity index (χ1v) is 12.3. The molecule has 1 saturated heterocycles. The average Bonchev–Trinajstić information content (AvgIpc) is 3.55. The average molecular weight is 461 g/mol. The molecule has 34 heavy (non-hydrogen) atoms. The molecule has 1 aliphatic carbocycles. The van der Waals surface area contributed by atoms with Crippen molar-refractivity contribution in [3.8, 4) is 5.75 Å². The number of aromatic nitrogens is 3. The minimum Gasteiger partial charge on any atom is -0.493 e. The summed E-state index contributed by atoms with van der Waals surface area (Å²) in [6, 6.07) is 13.9. The number of aryl methyl sites for hydroxylation is 1. The SMILES string of the molecule is O=C(c1n[nH]c2c1CCCC2)N(Cc1ccc(OCCc2ccccn2)cc1)C[C@@H]1CCCO1. The van der Waals surface area contributed by atoms with Gasteiger partial charge in [-0.05, 0) is 68.4 Å². The Hall–Kier alpha value is -3.19. The van der Waals surface area contributed by atoms with Crippen LogP contribution in [0.25, 0.3) is 0 Å². The monoisotopic (exact) mass is 460 g/mol. The van der Waals surface area contributed by atoms with Gasteiger partial charge in [-0.2, -0.15) is 5.10 Å². The molecule has 1 amide bonds. The first kappa shape index (κ1) is 22.6. The summed E-state index contributed by atoms with van der Waals surface area (Å²) < 4.78 is 11.7. The summed E-state index contributed by atoms with van der Waals surface area (Å²) in [4.78, 5) is 19.8. The molecule has 178 valence electrons. The fourth-order valence-electron chi connectivity index (χ4n) is 4.79. The second-order valence-corrected chi connectivity index (χ2v) is 9.12. The molecule has 1 atom stereocenters. The molecule has 3 heterocycles. The zero-order valence-corrected chi connectivity index (χ0v) is 19.5. The van der Waals surface area contributed by atoms with E-state index in [1.54, 1.807) is 6.20 Å². The van der Waals surface area contributed by atoms with E-state index in [1.165, 1.54) is 0 Å². The van der Waals surface area contributed by atoms with Gasteiger partial charge in [-0.15, -0.1) is 0 Å². The van der Waals surface area contributed by atoms with Gasteiger partial charge in [-0.25, -0.2) is 0 Å². The van der Waals surface area contributed by atoms with Gasteiger partial charge in [-0.3, -0.25) is 14.9 Å². The first-order valence-electron chi connectivity index (χ1n) is 12.3. The number of carbonyl (C=O) groups excluding carboxylic acids is 1. The zero-order valence-electron chi connectivity index (χ0n) is 19.5. The molecular formula is C27H32N4O3. The van der Waals surface area contributed by atoms with Crippen molar-refractivity contribution in [1.82, 2.24) is 20.1 Å². The number of nitrogens with one attached hydrogen (secondary N) is 1. The molecule has 3 aromatic rings. The van der Waals surface area contributed by atoms with Crippen LogP contribution >= 0.6 is 0 Å². The second-order valence-electron chi connectivity index (χ2n) is 9.12. The fraction of sp³-hybridized carbons (Fsp3) is 0.444. The lowest BCUT2D eigenvalue weighted by atomic mass is 9.95. The van der Waals surface area contributed by atoms with Crippen LogP contribution < -0.4 is 4.74 Å². The van der Waals surface area contributed by atoms with Crippen LogP contribution in [0.15, 0.2) is 48.7 Å². The Bertz CT molecular complexity index is 1080. The smallest absolute Gasteiger partial charge is 0.275 e. The number of pyridine rings is 1. The molecule has 7 nitrogen and oxygen atoms in total. The van der Waals surface area contributed by atoms with Gasteiger partial charge in [0.1, 0.15) is 5.75 Å². The predicted octanol–water partition coefficient (Wildman–Crippen LogP) is 4.13. The van der Waals surface area contributed by atoms with Crippen molar-refractivity contribution < 1.29 is 14.3 Å². The van der Waals surface area contributed by atoms with Crippen molar-refractivity contribution in [2.24, 2.45) is 0 Å². The number of benzene rings is 1. The molecule has 0 bridgehead atoms. The minimum atomic E-state index is -0.00872. The number of aromatic amines is 1. The summed E-state index contributed by atoms with van der Waals surface area (Å²) in [6.45, 7) is 2.45. The highest BCUT2D eigenvalue weighted by Gasteiger charge is 2.28. The summed E-state index contributed by atoms with van der Waals surface area (Å²) in [7, 11) is 0. The summed E-state index contributed by atoms with van der Waals surface area (Å²) in [5, 5.41) is 7.53. The van der Waals surface area contributed by atoms with E-state index in [0.717, 1.165) is 79.8 Å². The molecule has 5 rings (SSSR count). The van der Waals surface area contributed by atoms with Crippen molar-refractivity contribution in [1.29, 1.82) is 0 Å². The van der Waals surface area contributed by atoms with E-state index < -0.39 is 0 Å². The van der Waals surface area contributed by atoms with Crippen LogP contribution in [0.2, 0.25) is 0 Å². The molecule has 0 saturated carbocycles. The Morgan fingerprint density at radius 1 is 1.12 bits per heavy atom. The van der Waals surface area contributed by atoms with Gasteiger partial charge in [0.15, 0.2) is 5.69 Å². The van der Waals surface area contributed by atoms with Crippen molar-refractivity contribution in [3.63, 3.8) is 0 Å². The number of hydrogen-bond donors (Lipinski definition) is 1. The number of H-pyrrole nitrogens is 1. The van der Waals surface area contributed by atoms with Crippen molar-refractivity contribution in [2.45, 2.75) is 57.6 Å². The number of fused-ring (bicyclic) bond motifs is 1. The van der Waals surface area contributed by atoms with E-state index >= 15 is 0 Å². The van der Waals surface area contributed by atoms with Crippen LogP contribution in [-0.2, 0) is 30.5 Å².